The van der Waals surface area contributed by atoms with Crippen molar-refractivity contribution in [2.24, 2.45) is 0 Å². The van der Waals surface area contributed by atoms with E-state index in [4.69, 9.17) is 16.3 Å². The smallest absolute Gasteiger partial charge is 0.293 e. The fourth-order valence-corrected chi connectivity index (χ4v) is 6.29. The van der Waals surface area contributed by atoms with E-state index in [1.54, 1.807) is 6.08 Å². The number of hydrogen-bond donors (Lipinski definition) is 0. The maximum absolute atomic E-state index is 14.2. The Morgan fingerprint density at radius 1 is 1.06 bits per heavy atom. The van der Waals surface area contributed by atoms with E-state index < -0.39 is 17.0 Å². The summed E-state index contributed by atoms with van der Waals surface area (Å²) in [4.78, 5) is 26.8. The van der Waals surface area contributed by atoms with Crippen LogP contribution in [-0.2, 0) is 17.9 Å². The summed E-state index contributed by atoms with van der Waals surface area (Å²) in [7, 11) is 0. The van der Waals surface area contributed by atoms with Gasteiger partial charge >= 0.3 is 0 Å². The highest BCUT2D eigenvalue weighted by Gasteiger charge is 2.36. The van der Waals surface area contributed by atoms with Crippen molar-refractivity contribution in [3.05, 3.63) is 100 Å². The van der Waals surface area contributed by atoms with Crippen LogP contribution in [0.5, 0.6) is 5.75 Å². The Balaban J connectivity index is 1.62. The molecule has 0 bridgehead atoms. The number of ether oxygens (including phenoxy) is 1. The number of rotatable bonds is 6. The SMILES string of the molecule is O=C1S/C(=C\c2cc(I)cc(I)c2OCc2ccccc2)C(=O)N1Cc1c(F)cccc1Cl. The largest absolute Gasteiger partial charge is 0.487 e. The minimum Gasteiger partial charge on any atom is -0.487 e. The molecule has 0 atom stereocenters. The first-order chi connectivity index (χ1) is 15.8. The van der Waals surface area contributed by atoms with Gasteiger partial charge in [0.2, 0.25) is 0 Å². The van der Waals surface area contributed by atoms with Crippen LogP contribution >= 0.6 is 68.5 Å². The van der Waals surface area contributed by atoms with Gasteiger partial charge < -0.3 is 4.74 Å². The molecular formula is C24H15ClFI2NO3S. The molecule has 4 rings (SSSR count). The van der Waals surface area contributed by atoms with Crippen molar-refractivity contribution in [3.63, 3.8) is 0 Å². The van der Waals surface area contributed by atoms with Gasteiger partial charge in [-0.3, -0.25) is 14.5 Å². The zero-order valence-corrected chi connectivity index (χ0v) is 22.7. The van der Waals surface area contributed by atoms with Crippen molar-refractivity contribution in [3.8, 4) is 5.75 Å². The topological polar surface area (TPSA) is 46.6 Å². The number of amides is 2. The minimum atomic E-state index is -0.561. The normalized spacial score (nSPS) is 14.9. The molecule has 0 N–H and O–H groups in total. The standard InChI is InChI=1S/C24H15ClFI2NO3S/c25-18-7-4-8-19(26)17(18)12-29-23(30)21(33-24(29)31)10-15-9-16(27)11-20(28)22(15)32-13-14-5-2-1-3-6-14/h1-11H,12-13H2/b21-10-. The number of imide groups is 1. The van der Waals surface area contributed by atoms with Crippen molar-refractivity contribution in [1.82, 2.24) is 4.90 Å². The van der Waals surface area contributed by atoms with Gasteiger partial charge in [-0.05, 0) is 92.8 Å². The maximum atomic E-state index is 14.2. The highest BCUT2D eigenvalue weighted by atomic mass is 127. The van der Waals surface area contributed by atoms with E-state index in [1.807, 2.05) is 42.5 Å². The van der Waals surface area contributed by atoms with Gasteiger partial charge in [-0.25, -0.2) is 4.39 Å². The first kappa shape index (κ1) is 24.5. The molecular weight excluding hydrogens is 691 g/mol. The van der Waals surface area contributed by atoms with Crippen LogP contribution in [0.4, 0.5) is 9.18 Å². The molecule has 4 nitrogen and oxygen atoms in total. The Morgan fingerprint density at radius 2 is 1.82 bits per heavy atom. The molecule has 9 heteroatoms. The van der Waals surface area contributed by atoms with Crippen molar-refractivity contribution in [2.45, 2.75) is 13.2 Å². The lowest BCUT2D eigenvalue weighted by atomic mass is 10.1. The van der Waals surface area contributed by atoms with Gasteiger partial charge in [0.25, 0.3) is 11.1 Å². The van der Waals surface area contributed by atoms with Crippen LogP contribution in [0.2, 0.25) is 5.02 Å². The van der Waals surface area contributed by atoms with Crippen LogP contribution in [0, 0.1) is 13.0 Å². The summed E-state index contributed by atoms with van der Waals surface area (Å²) < 4.78 is 22.1. The van der Waals surface area contributed by atoms with E-state index in [9.17, 15) is 14.0 Å². The molecule has 33 heavy (non-hydrogen) atoms. The molecule has 168 valence electrons. The Labute approximate surface area is 226 Å². The number of carbonyl (C=O) groups excluding carboxylic acids is 2. The Kier molecular flexibility index (Phi) is 7.98. The average molecular weight is 706 g/mol. The van der Waals surface area contributed by atoms with Gasteiger partial charge in [0.1, 0.15) is 18.2 Å². The zero-order chi connectivity index (χ0) is 23.5. The molecule has 0 unspecified atom stereocenters. The summed E-state index contributed by atoms with van der Waals surface area (Å²) in [5.41, 5.74) is 1.81. The fourth-order valence-electron chi connectivity index (χ4n) is 3.19. The number of halogens is 4. The van der Waals surface area contributed by atoms with Gasteiger partial charge in [-0.2, -0.15) is 0 Å². The van der Waals surface area contributed by atoms with E-state index in [-0.39, 0.29) is 22.0 Å². The molecule has 0 aliphatic carbocycles. The van der Waals surface area contributed by atoms with Gasteiger partial charge in [-0.1, -0.05) is 48.0 Å². The number of carbonyl (C=O) groups is 2. The summed E-state index contributed by atoms with van der Waals surface area (Å²) in [5.74, 6) is -0.426. The lowest BCUT2D eigenvalue weighted by Gasteiger charge is -2.14. The fraction of sp³-hybridized carbons (Fsp3) is 0.0833. The minimum absolute atomic E-state index is 0.110. The van der Waals surface area contributed by atoms with E-state index in [2.05, 4.69) is 45.2 Å². The van der Waals surface area contributed by atoms with Gasteiger partial charge in [0.05, 0.1) is 15.0 Å². The second kappa shape index (κ2) is 10.7. The molecule has 0 radical (unpaired) electrons. The van der Waals surface area contributed by atoms with Crippen LogP contribution in [0.1, 0.15) is 16.7 Å². The number of thioether (sulfide) groups is 1. The molecule has 1 aliphatic heterocycles. The molecule has 3 aromatic carbocycles. The Bertz CT molecular complexity index is 1250. The average Bonchev–Trinajstić information content (AvgIpc) is 3.03. The van der Waals surface area contributed by atoms with Crippen molar-refractivity contribution in [1.29, 1.82) is 0 Å². The summed E-state index contributed by atoms with van der Waals surface area (Å²) in [6.45, 7) is 0.139. The second-order valence-corrected chi connectivity index (χ2v) is 10.9. The molecule has 0 spiro atoms. The number of nitrogens with zero attached hydrogens (tertiary/aromatic N) is 1. The summed E-state index contributed by atoms with van der Waals surface area (Å²) in [5, 5.41) is -0.306. The molecule has 1 heterocycles. The zero-order valence-electron chi connectivity index (χ0n) is 16.9. The number of benzene rings is 3. The Hall–Kier alpha value is -1.63. The molecule has 3 aromatic rings. The predicted molar refractivity (Wildman–Crippen MR) is 146 cm³/mol. The van der Waals surface area contributed by atoms with E-state index in [0.717, 1.165) is 29.4 Å². The van der Waals surface area contributed by atoms with Gasteiger partial charge in [-0.15, -0.1) is 0 Å². The first-order valence-electron chi connectivity index (χ1n) is 9.67. The Morgan fingerprint density at radius 3 is 2.55 bits per heavy atom. The van der Waals surface area contributed by atoms with Gasteiger partial charge in [0, 0.05) is 19.7 Å². The molecule has 1 saturated heterocycles. The second-order valence-electron chi connectivity index (χ2n) is 7.05. The van der Waals surface area contributed by atoms with Crippen molar-refractivity contribution >= 4 is 85.8 Å². The van der Waals surface area contributed by atoms with Crippen molar-refractivity contribution in [2.75, 3.05) is 0 Å². The molecule has 2 amide bonds. The highest BCUT2D eigenvalue weighted by molar-refractivity contribution is 14.1. The monoisotopic (exact) mass is 705 g/mol. The van der Waals surface area contributed by atoms with E-state index in [0.29, 0.717) is 17.9 Å². The molecule has 1 aliphatic rings. The van der Waals surface area contributed by atoms with Crippen molar-refractivity contribution < 1.29 is 18.7 Å². The van der Waals surface area contributed by atoms with Crippen LogP contribution in [-0.4, -0.2) is 16.0 Å². The quantitative estimate of drug-likeness (QED) is 0.197. The van der Waals surface area contributed by atoms with Crippen LogP contribution in [0.15, 0.2) is 65.6 Å². The third-order valence-corrected chi connectivity index (χ3v) is 7.49. The first-order valence-corrected chi connectivity index (χ1v) is 13.0. The number of hydrogen-bond acceptors (Lipinski definition) is 4. The van der Waals surface area contributed by atoms with Crippen LogP contribution < -0.4 is 4.74 Å². The van der Waals surface area contributed by atoms with Crippen LogP contribution in [0.25, 0.3) is 6.08 Å². The molecule has 1 fully saturated rings. The van der Waals surface area contributed by atoms with E-state index in [1.165, 1.54) is 18.2 Å². The summed E-state index contributed by atoms with van der Waals surface area (Å²) in [6, 6.07) is 17.9. The third-order valence-electron chi connectivity index (χ3n) is 4.80. The van der Waals surface area contributed by atoms with E-state index >= 15 is 0 Å². The summed E-state index contributed by atoms with van der Waals surface area (Å²) in [6.07, 6.45) is 1.65. The predicted octanol–water partition coefficient (Wildman–Crippen LogP) is 7.50. The lowest BCUT2D eigenvalue weighted by molar-refractivity contribution is -0.123. The third kappa shape index (κ3) is 5.72. The maximum Gasteiger partial charge on any atom is 0.293 e. The molecule has 0 aromatic heterocycles. The lowest BCUT2D eigenvalue weighted by Crippen LogP contribution is -2.28. The molecule has 0 saturated carbocycles. The van der Waals surface area contributed by atoms with Gasteiger partial charge in [0.15, 0.2) is 0 Å². The van der Waals surface area contributed by atoms with Crippen LogP contribution in [0.3, 0.4) is 0 Å². The highest BCUT2D eigenvalue weighted by Crippen LogP contribution is 2.37. The summed E-state index contributed by atoms with van der Waals surface area (Å²) >= 11 is 11.3.